The molecule has 0 spiro atoms. The summed E-state index contributed by atoms with van der Waals surface area (Å²) < 4.78 is 0. The Morgan fingerprint density at radius 2 is 1.95 bits per heavy atom. The molecule has 114 valence electrons. The number of amides is 1. The maximum absolute atomic E-state index is 12.4. The van der Waals surface area contributed by atoms with Crippen molar-refractivity contribution in [1.29, 1.82) is 0 Å². The second-order valence-corrected chi connectivity index (χ2v) is 5.16. The van der Waals surface area contributed by atoms with Crippen LogP contribution in [0.1, 0.15) is 27.2 Å². The Morgan fingerprint density at radius 3 is 2.59 bits per heavy atom. The second-order valence-electron chi connectivity index (χ2n) is 5.16. The molecule has 0 unspecified atom stereocenters. The van der Waals surface area contributed by atoms with Gasteiger partial charge in [0.05, 0.1) is 0 Å². The van der Waals surface area contributed by atoms with Crippen molar-refractivity contribution in [3.63, 3.8) is 0 Å². The molecule has 5 heteroatoms. The first-order valence-electron chi connectivity index (χ1n) is 7.08. The Labute approximate surface area is 130 Å². The fraction of sp³-hybridized carbons (Fsp3) is 0.235. The summed E-state index contributed by atoms with van der Waals surface area (Å²) in [5, 5.41) is 5.89. The van der Waals surface area contributed by atoms with Crippen LogP contribution in [-0.4, -0.2) is 22.4 Å². The van der Waals surface area contributed by atoms with E-state index >= 15 is 0 Å². The molecule has 0 fully saturated rings. The van der Waals surface area contributed by atoms with E-state index in [-0.39, 0.29) is 5.91 Å². The van der Waals surface area contributed by atoms with E-state index < -0.39 is 0 Å². The van der Waals surface area contributed by atoms with Gasteiger partial charge in [0.25, 0.3) is 5.91 Å². The van der Waals surface area contributed by atoms with Gasteiger partial charge in [0.15, 0.2) is 0 Å². The third-order valence-electron chi connectivity index (χ3n) is 3.21. The number of nitrogens with zero attached hydrogens (tertiary/aromatic N) is 2. The number of rotatable bonds is 5. The molecule has 0 bridgehead atoms. The van der Waals surface area contributed by atoms with Crippen LogP contribution in [0, 0.1) is 20.8 Å². The minimum atomic E-state index is -0.251. The van der Waals surface area contributed by atoms with E-state index in [1.165, 1.54) is 5.56 Å². The normalized spacial score (nSPS) is 10.1. The molecular weight excluding hydrogens is 276 g/mol. The van der Waals surface area contributed by atoms with Crippen molar-refractivity contribution in [3.05, 3.63) is 59.4 Å². The van der Waals surface area contributed by atoms with Gasteiger partial charge in [0, 0.05) is 18.4 Å². The number of nitrogens with one attached hydrogen (secondary N) is 2. The number of benzene rings is 1. The third-order valence-corrected chi connectivity index (χ3v) is 3.21. The van der Waals surface area contributed by atoms with Crippen molar-refractivity contribution in [3.8, 4) is 0 Å². The zero-order valence-corrected chi connectivity index (χ0v) is 13.1. The van der Waals surface area contributed by atoms with E-state index in [9.17, 15) is 4.79 Å². The van der Waals surface area contributed by atoms with E-state index in [1.807, 2.05) is 32.9 Å². The molecule has 0 saturated heterocycles. The molecule has 0 aliphatic heterocycles. The average molecular weight is 296 g/mol. The Bertz CT molecular complexity index is 687. The molecule has 1 amide bonds. The summed E-state index contributed by atoms with van der Waals surface area (Å²) in [4.78, 5) is 20.6. The van der Waals surface area contributed by atoms with Crippen LogP contribution in [0.2, 0.25) is 0 Å². The van der Waals surface area contributed by atoms with Crippen molar-refractivity contribution >= 4 is 17.5 Å². The number of anilines is 2. The number of carbonyl (C=O) groups excluding carboxylic acids is 1. The lowest BCUT2D eigenvalue weighted by Crippen LogP contribution is -2.16. The molecule has 0 saturated carbocycles. The molecule has 0 aliphatic carbocycles. The average Bonchev–Trinajstić information content (AvgIpc) is 2.49. The van der Waals surface area contributed by atoms with E-state index in [2.05, 4.69) is 27.2 Å². The SMILES string of the molecule is C=CCNc1nccc(C(=O)Nc2c(C)cc(C)cc2C)n1. The van der Waals surface area contributed by atoms with Crippen LogP contribution >= 0.6 is 0 Å². The first kappa shape index (κ1) is 15.7. The Balaban J connectivity index is 2.21. The van der Waals surface area contributed by atoms with Gasteiger partial charge in [-0.25, -0.2) is 9.97 Å². The highest BCUT2D eigenvalue weighted by molar-refractivity contribution is 6.03. The maximum atomic E-state index is 12.4. The van der Waals surface area contributed by atoms with Crippen LogP contribution in [0.4, 0.5) is 11.6 Å². The highest BCUT2D eigenvalue weighted by Gasteiger charge is 2.12. The zero-order valence-electron chi connectivity index (χ0n) is 13.1. The monoisotopic (exact) mass is 296 g/mol. The first-order valence-corrected chi connectivity index (χ1v) is 7.08. The summed E-state index contributed by atoms with van der Waals surface area (Å²) in [5.74, 6) is 0.156. The molecule has 0 atom stereocenters. The second kappa shape index (κ2) is 6.85. The molecule has 22 heavy (non-hydrogen) atoms. The van der Waals surface area contributed by atoms with Crippen LogP contribution in [-0.2, 0) is 0 Å². The van der Waals surface area contributed by atoms with Gasteiger partial charge in [0.2, 0.25) is 5.95 Å². The van der Waals surface area contributed by atoms with E-state index in [1.54, 1.807) is 18.3 Å². The van der Waals surface area contributed by atoms with Gasteiger partial charge < -0.3 is 10.6 Å². The lowest BCUT2D eigenvalue weighted by Gasteiger charge is -2.12. The minimum absolute atomic E-state index is 0.251. The molecule has 0 aliphatic rings. The van der Waals surface area contributed by atoms with Crippen molar-refractivity contribution < 1.29 is 4.79 Å². The largest absolute Gasteiger partial charge is 0.351 e. The smallest absolute Gasteiger partial charge is 0.274 e. The van der Waals surface area contributed by atoms with Gasteiger partial charge in [-0.1, -0.05) is 23.8 Å². The lowest BCUT2D eigenvalue weighted by molar-refractivity contribution is 0.102. The number of aromatic nitrogens is 2. The fourth-order valence-electron chi connectivity index (χ4n) is 2.29. The highest BCUT2D eigenvalue weighted by Crippen LogP contribution is 2.22. The maximum Gasteiger partial charge on any atom is 0.274 e. The molecule has 0 radical (unpaired) electrons. The van der Waals surface area contributed by atoms with Gasteiger partial charge in [-0.2, -0.15) is 0 Å². The van der Waals surface area contributed by atoms with E-state index in [0.717, 1.165) is 16.8 Å². The van der Waals surface area contributed by atoms with Crippen LogP contribution < -0.4 is 10.6 Å². The van der Waals surface area contributed by atoms with Crippen molar-refractivity contribution in [2.45, 2.75) is 20.8 Å². The number of hydrogen-bond acceptors (Lipinski definition) is 4. The van der Waals surface area contributed by atoms with Crippen LogP contribution in [0.15, 0.2) is 37.1 Å². The van der Waals surface area contributed by atoms with Gasteiger partial charge in [-0.05, 0) is 38.0 Å². The van der Waals surface area contributed by atoms with Gasteiger partial charge in [0.1, 0.15) is 5.69 Å². The number of carbonyl (C=O) groups is 1. The Kier molecular flexibility index (Phi) is 4.88. The molecule has 5 nitrogen and oxygen atoms in total. The van der Waals surface area contributed by atoms with Crippen LogP contribution in [0.5, 0.6) is 0 Å². The topological polar surface area (TPSA) is 66.9 Å². The lowest BCUT2D eigenvalue weighted by atomic mass is 10.1. The summed E-state index contributed by atoms with van der Waals surface area (Å²) in [6.07, 6.45) is 3.26. The predicted molar refractivity (Wildman–Crippen MR) is 89.3 cm³/mol. The quantitative estimate of drug-likeness (QED) is 0.831. The molecule has 2 aromatic rings. The molecule has 1 heterocycles. The third kappa shape index (κ3) is 3.69. The summed E-state index contributed by atoms with van der Waals surface area (Å²) in [7, 11) is 0. The van der Waals surface area contributed by atoms with Gasteiger partial charge >= 0.3 is 0 Å². The molecule has 1 aromatic heterocycles. The highest BCUT2D eigenvalue weighted by atomic mass is 16.1. The summed E-state index contributed by atoms with van der Waals surface area (Å²) in [6, 6.07) is 5.67. The molecule has 2 rings (SSSR count). The molecule has 2 N–H and O–H groups in total. The van der Waals surface area contributed by atoms with Crippen molar-refractivity contribution in [2.75, 3.05) is 17.2 Å². The summed E-state index contributed by atoms with van der Waals surface area (Å²) >= 11 is 0. The zero-order chi connectivity index (χ0) is 16.1. The Morgan fingerprint density at radius 1 is 1.27 bits per heavy atom. The minimum Gasteiger partial charge on any atom is -0.351 e. The van der Waals surface area contributed by atoms with E-state index in [4.69, 9.17) is 0 Å². The van der Waals surface area contributed by atoms with Gasteiger partial charge in [-0.3, -0.25) is 4.79 Å². The van der Waals surface area contributed by atoms with Gasteiger partial charge in [-0.15, -0.1) is 6.58 Å². The number of aryl methyl sites for hydroxylation is 3. The summed E-state index contributed by atoms with van der Waals surface area (Å²) in [5.41, 5.74) is 4.39. The predicted octanol–water partition coefficient (Wildman–Crippen LogP) is 3.25. The molecule has 1 aromatic carbocycles. The van der Waals surface area contributed by atoms with Crippen molar-refractivity contribution in [1.82, 2.24) is 9.97 Å². The molecular formula is C17H20N4O. The van der Waals surface area contributed by atoms with Crippen LogP contribution in [0.3, 0.4) is 0 Å². The van der Waals surface area contributed by atoms with Crippen molar-refractivity contribution in [2.24, 2.45) is 0 Å². The standard InChI is InChI=1S/C17H20N4O/c1-5-7-18-17-19-8-6-14(20-17)16(22)21-15-12(3)9-11(2)10-13(15)4/h5-6,8-10H,1,7H2,2-4H3,(H,21,22)(H,18,19,20). The Hall–Kier alpha value is -2.69. The first-order chi connectivity index (χ1) is 10.5. The van der Waals surface area contributed by atoms with E-state index in [0.29, 0.717) is 18.2 Å². The fourth-order valence-corrected chi connectivity index (χ4v) is 2.29. The summed E-state index contributed by atoms with van der Waals surface area (Å²) in [6.45, 7) is 10.2. The number of hydrogen-bond donors (Lipinski definition) is 2. The van der Waals surface area contributed by atoms with Crippen LogP contribution in [0.25, 0.3) is 0 Å².